The van der Waals surface area contributed by atoms with Gasteiger partial charge in [0.05, 0.1) is 0 Å². The van der Waals surface area contributed by atoms with E-state index in [1.165, 1.54) is 0 Å². The summed E-state index contributed by atoms with van der Waals surface area (Å²) in [6, 6.07) is 0. The van der Waals surface area contributed by atoms with Crippen molar-refractivity contribution in [2.24, 2.45) is 0 Å². The second-order valence-electron chi connectivity index (χ2n) is 0.600. The molecule has 0 aliphatic carbocycles. The second kappa shape index (κ2) is 17.4. The van der Waals surface area contributed by atoms with Crippen LogP contribution in [0.15, 0.2) is 0 Å². The summed E-state index contributed by atoms with van der Waals surface area (Å²) in [5.41, 5.74) is 0. The van der Waals surface area contributed by atoms with Crippen molar-refractivity contribution in [3.63, 3.8) is 0 Å². The predicted molar refractivity (Wildman–Crippen MR) is 36.2 cm³/mol. The molecule has 10 heavy (non-hydrogen) atoms. The van der Waals surface area contributed by atoms with E-state index >= 15 is 0 Å². The fraction of sp³-hybridized carbons (Fsp3) is 0. The molecule has 0 aliphatic heterocycles. The Morgan fingerprint density at radius 1 is 1.00 bits per heavy atom. The van der Waals surface area contributed by atoms with Gasteiger partial charge in [-0.2, -0.15) is 0 Å². The summed E-state index contributed by atoms with van der Waals surface area (Å²) in [7, 11) is -4.61. The molecular weight excluding hydrogens is 274 g/mol. The molecule has 0 atom stereocenters. The summed E-state index contributed by atoms with van der Waals surface area (Å²) in [5.74, 6) is 0. The number of rotatable bonds is 0. The molecule has 0 amide bonds. The maximum atomic E-state index is 7.33. The van der Waals surface area contributed by atoms with E-state index in [1.54, 1.807) is 0 Å². The maximum Gasteiger partial charge on any atom is 2.00 e. The fourth-order valence-electron chi connectivity index (χ4n) is 0. The Morgan fingerprint density at radius 3 is 1.00 bits per heavy atom. The van der Waals surface area contributed by atoms with Crippen LogP contribution in [-0.2, 0) is 33.6 Å². The Balaban J connectivity index is -0.00000000381. The maximum absolute atomic E-state index is 7.33. The second-order valence-corrected chi connectivity index (χ2v) is 1.80. The van der Waals surface area contributed by atoms with Crippen molar-refractivity contribution in [1.29, 1.82) is 0 Å². The van der Waals surface area contributed by atoms with Gasteiger partial charge in [0.25, 0.3) is 0 Å². The van der Waals surface area contributed by atoms with Gasteiger partial charge >= 0.3 is 32.1 Å². The Hall–Kier alpha value is 2.33. The van der Waals surface area contributed by atoms with E-state index in [4.69, 9.17) is 19.2 Å². The molecule has 0 spiro atoms. The van der Waals surface area contributed by atoms with Crippen molar-refractivity contribution < 1.29 is 61.1 Å². The minimum atomic E-state index is -4.61. The van der Waals surface area contributed by atoms with E-state index in [1.807, 2.05) is 0 Å². The van der Waals surface area contributed by atoms with Gasteiger partial charge in [0.15, 0.2) is 17.4 Å². The van der Waals surface area contributed by atoms with Crippen molar-refractivity contribution in [3.05, 3.63) is 0 Å². The van der Waals surface area contributed by atoms with Crippen molar-refractivity contribution in [3.8, 4) is 0 Å². The van der Waals surface area contributed by atoms with Crippen molar-refractivity contribution in [2.45, 2.75) is 0 Å². The van der Waals surface area contributed by atoms with Gasteiger partial charge in [-0.3, -0.25) is 0 Å². The summed E-state index contributed by atoms with van der Waals surface area (Å²) in [4.78, 5) is 29.3. The first-order valence-electron chi connectivity index (χ1n) is 0.894. The van der Waals surface area contributed by atoms with Gasteiger partial charge in [0, 0.05) is 33.6 Å². The van der Waals surface area contributed by atoms with E-state index in [2.05, 4.69) is 0 Å². The molecule has 0 aliphatic rings. The number of hydrogen-bond donors (Lipinski definition) is 4. The minimum Gasteiger partial charge on any atom is -1.00 e. The van der Waals surface area contributed by atoms with Crippen LogP contribution in [0.3, 0.4) is 0 Å². The summed E-state index contributed by atoms with van der Waals surface area (Å²) in [6.45, 7) is 0. The Bertz CT molecular complexity index is 44.9. The fourth-order valence-corrected chi connectivity index (χ4v) is 0. The van der Waals surface area contributed by atoms with Crippen molar-refractivity contribution >= 4 is 49.5 Å². The minimum absolute atomic E-state index is 0. The van der Waals surface area contributed by atoms with Gasteiger partial charge in [0.2, 0.25) is 0 Å². The molecule has 0 aromatic heterocycles. The van der Waals surface area contributed by atoms with E-state index in [-0.39, 0.29) is 82.3 Å². The van der Waals surface area contributed by atoms with Gasteiger partial charge in [-0.15, -0.1) is 0 Å². The van der Waals surface area contributed by atoms with Crippen LogP contribution in [0.2, 0.25) is 0 Å². The van der Waals surface area contributed by atoms with Crippen LogP contribution in [0, 0.1) is 0 Å². The Morgan fingerprint density at radius 2 is 1.00 bits per heavy atom. The van der Waals surface area contributed by atoms with Crippen LogP contribution in [0.5, 0.6) is 0 Å². The summed E-state index contributed by atoms with van der Waals surface area (Å²) < 4.78 is 0. The molecule has 0 fully saturated rings. The zero-order valence-corrected chi connectivity index (χ0v) is 8.67. The molecule has 0 saturated carbocycles. The average molecular weight is 285 g/mol. The third-order valence-corrected chi connectivity index (χ3v) is 0. The topological polar surface area (TPSA) is 112 Å². The van der Waals surface area contributed by atoms with Crippen LogP contribution < -0.4 is 0 Å². The van der Waals surface area contributed by atoms with Crippen LogP contribution >= 0.6 is 0 Å². The predicted octanol–water partition coefficient (Wildman–Crippen LogP) is -4.78. The molecule has 5 nitrogen and oxygen atoms in total. The molecule has 0 radical (unpaired) electrons. The van der Waals surface area contributed by atoms with E-state index in [0.29, 0.717) is 0 Å². The molecule has 0 unspecified atom stereocenters. The zero-order valence-electron chi connectivity index (χ0n) is 6.17. The smallest absolute Gasteiger partial charge is 1.00 e. The molecule has 0 heterocycles. The van der Waals surface area contributed by atoms with E-state index < -0.39 is 9.05 Å². The number of hydrogen-bond acceptors (Lipinski definition) is 4. The molecule has 0 saturated heterocycles. The monoisotopic (exact) mass is 284 g/mol. The largest absolute Gasteiger partial charge is 2.00 e. The van der Waals surface area contributed by atoms with Crippen molar-refractivity contribution in [1.82, 2.24) is 0 Å². The molecule has 0 rings (SSSR count). The summed E-state index contributed by atoms with van der Waals surface area (Å²) >= 11 is 0. The third-order valence-electron chi connectivity index (χ3n) is 0. The van der Waals surface area contributed by atoms with Gasteiger partial charge in [-0.1, -0.05) is 0 Å². The summed E-state index contributed by atoms with van der Waals surface area (Å²) in [6.07, 6.45) is 0. The average Bonchev–Trinajstić information content (AvgIpc) is 0.722. The van der Waals surface area contributed by atoms with Gasteiger partial charge < -0.3 is 27.5 Å². The first kappa shape index (κ1) is 39.5. The quantitative estimate of drug-likeness (QED) is 0.335. The first-order valence-corrected chi connectivity index (χ1v) is 2.68. The van der Waals surface area contributed by atoms with Crippen LogP contribution in [0.1, 0.15) is 2.85 Å². The molecule has 68 valence electrons. The van der Waals surface area contributed by atoms with Crippen LogP contribution in [-0.4, -0.2) is 74.1 Å². The SMILES string of the molecule is O.O[Si](O)(O)O.[AlH3].[Fe].[H-].[H-].[Mg+2].[Ni]. The molecule has 10 heteroatoms. The third kappa shape index (κ3) is 166. The van der Waals surface area contributed by atoms with Gasteiger partial charge in [0.1, 0.15) is 0 Å². The normalized spacial score (nSPS) is 6.00. The molecular formula is H11AlFeMgNiO5Si. The first-order chi connectivity index (χ1) is 2.00. The Kier molecular flexibility index (Phi) is 68.8. The Labute approximate surface area is 110 Å². The van der Waals surface area contributed by atoms with Gasteiger partial charge in [-0.05, 0) is 0 Å². The van der Waals surface area contributed by atoms with Crippen molar-refractivity contribution in [2.75, 3.05) is 0 Å². The van der Waals surface area contributed by atoms with Crippen LogP contribution in [0.25, 0.3) is 0 Å². The van der Waals surface area contributed by atoms with E-state index in [9.17, 15) is 0 Å². The molecule has 0 bridgehead atoms. The van der Waals surface area contributed by atoms with Crippen LogP contribution in [0.4, 0.5) is 0 Å². The van der Waals surface area contributed by atoms with E-state index in [0.717, 1.165) is 0 Å². The van der Waals surface area contributed by atoms with Gasteiger partial charge in [-0.25, -0.2) is 0 Å². The zero-order chi connectivity index (χ0) is 4.50. The summed E-state index contributed by atoms with van der Waals surface area (Å²) in [5, 5.41) is 0. The molecule has 0 aromatic carbocycles. The molecule has 6 N–H and O–H groups in total. The standard InChI is InChI=1S/Al.Fe.Mg.Ni.H4O4Si.H2O.5H/c;;;;1-5(2,3)4;;;;;;/h;;;;1-4H;1H2;;;;;/q;;+2;;;;;;;2*-1. The molecule has 0 aromatic rings.